The van der Waals surface area contributed by atoms with Crippen LogP contribution in [0.3, 0.4) is 0 Å². The molecule has 7 heteroatoms. The summed E-state index contributed by atoms with van der Waals surface area (Å²) in [5.41, 5.74) is 0. The quantitative estimate of drug-likeness (QED) is 0.309. The number of hydrogen-bond donors (Lipinski definition) is 0. The summed E-state index contributed by atoms with van der Waals surface area (Å²) < 4.78 is 32.8. The Morgan fingerprint density at radius 1 is 1.10 bits per heavy atom. The number of unbranched alkanes of at least 4 members (excludes halogenated alkanes) is 1. The van der Waals surface area contributed by atoms with Crippen molar-refractivity contribution in [3.05, 3.63) is 12.2 Å². The standard InChI is InChI=1S/C14H27O6P/c1-5-9-10-13(11-12-14(15)17-6-2)20-21(16,18-7-3)19-8-4/h11-13H,5-10H2,1-4H3/b12-11+. The van der Waals surface area contributed by atoms with Gasteiger partial charge in [0.2, 0.25) is 0 Å². The lowest BCUT2D eigenvalue weighted by atomic mass is 10.1. The smallest absolute Gasteiger partial charge is 0.463 e. The van der Waals surface area contributed by atoms with Crippen LogP contribution in [0.5, 0.6) is 0 Å². The van der Waals surface area contributed by atoms with E-state index in [0.29, 0.717) is 13.0 Å². The van der Waals surface area contributed by atoms with E-state index in [1.807, 2.05) is 6.92 Å². The first-order chi connectivity index (χ1) is 10.0. The Morgan fingerprint density at radius 2 is 1.71 bits per heavy atom. The Balaban J connectivity index is 4.79. The lowest BCUT2D eigenvalue weighted by Crippen LogP contribution is -2.12. The second-order valence-corrected chi connectivity index (χ2v) is 5.80. The van der Waals surface area contributed by atoms with Crippen molar-refractivity contribution in [2.45, 2.75) is 53.1 Å². The molecule has 0 aromatic carbocycles. The molecule has 0 rings (SSSR count). The average molecular weight is 322 g/mol. The van der Waals surface area contributed by atoms with Crippen LogP contribution in [0, 0.1) is 0 Å². The predicted molar refractivity (Wildman–Crippen MR) is 81.0 cm³/mol. The molecule has 0 aliphatic heterocycles. The maximum atomic E-state index is 12.3. The van der Waals surface area contributed by atoms with Crippen molar-refractivity contribution in [1.29, 1.82) is 0 Å². The van der Waals surface area contributed by atoms with Crippen LogP contribution in [-0.2, 0) is 27.7 Å². The van der Waals surface area contributed by atoms with Crippen LogP contribution in [0.15, 0.2) is 12.2 Å². The van der Waals surface area contributed by atoms with E-state index < -0.39 is 19.9 Å². The minimum atomic E-state index is -3.59. The van der Waals surface area contributed by atoms with Crippen molar-refractivity contribution in [3.63, 3.8) is 0 Å². The SMILES string of the molecule is CCCCC(/C=C/C(=O)OCC)OP(=O)(OCC)OCC. The monoisotopic (exact) mass is 322 g/mol. The van der Waals surface area contributed by atoms with Crippen LogP contribution in [-0.4, -0.2) is 31.9 Å². The van der Waals surface area contributed by atoms with E-state index in [1.54, 1.807) is 26.8 Å². The molecule has 124 valence electrons. The molecule has 0 aromatic heterocycles. The van der Waals surface area contributed by atoms with Crippen molar-refractivity contribution >= 4 is 13.8 Å². The van der Waals surface area contributed by atoms with Gasteiger partial charge in [0.15, 0.2) is 0 Å². The number of hydrogen-bond acceptors (Lipinski definition) is 6. The molecule has 0 heterocycles. The number of carbonyl (C=O) groups excluding carboxylic acids is 1. The van der Waals surface area contributed by atoms with Crippen molar-refractivity contribution in [2.24, 2.45) is 0 Å². The van der Waals surface area contributed by atoms with Gasteiger partial charge in [0, 0.05) is 6.08 Å². The van der Waals surface area contributed by atoms with Crippen LogP contribution in [0.25, 0.3) is 0 Å². The summed E-state index contributed by atoms with van der Waals surface area (Å²) >= 11 is 0. The topological polar surface area (TPSA) is 71.1 Å². The molecule has 0 aliphatic carbocycles. The molecule has 1 atom stereocenters. The lowest BCUT2D eigenvalue weighted by Gasteiger charge is -2.21. The van der Waals surface area contributed by atoms with E-state index in [9.17, 15) is 9.36 Å². The van der Waals surface area contributed by atoms with Gasteiger partial charge in [0.1, 0.15) is 0 Å². The largest absolute Gasteiger partial charge is 0.475 e. The fourth-order valence-corrected chi connectivity index (χ4v) is 2.88. The Morgan fingerprint density at radius 3 is 2.19 bits per heavy atom. The molecule has 0 aromatic rings. The third-order valence-corrected chi connectivity index (χ3v) is 4.09. The highest BCUT2D eigenvalue weighted by Crippen LogP contribution is 2.50. The maximum Gasteiger partial charge on any atom is 0.475 e. The van der Waals surface area contributed by atoms with E-state index in [0.717, 1.165) is 12.8 Å². The molecule has 0 radical (unpaired) electrons. The van der Waals surface area contributed by atoms with Crippen LogP contribution >= 0.6 is 7.82 Å². The van der Waals surface area contributed by atoms with Crippen LogP contribution in [0.1, 0.15) is 47.0 Å². The summed E-state index contributed by atoms with van der Waals surface area (Å²) in [5.74, 6) is -0.453. The minimum absolute atomic E-state index is 0.222. The van der Waals surface area contributed by atoms with Gasteiger partial charge in [-0.1, -0.05) is 19.8 Å². The molecule has 0 aliphatic rings. The normalized spacial score (nSPS) is 13.5. The zero-order valence-electron chi connectivity index (χ0n) is 13.4. The second kappa shape index (κ2) is 11.9. The number of rotatable bonds is 12. The minimum Gasteiger partial charge on any atom is -0.463 e. The molecule has 0 spiro atoms. The van der Waals surface area contributed by atoms with Gasteiger partial charge in [-0.15, -0.1) is 0 Å². The van der Waals surface area contributed by atoms with E-state index >= 15 is 0 Å². The van der Waals surface area contributed by atoms with Crippen LogP contribution in [0.4, 0.5) is 0 Å². The van der Waals surface area contributed by atoms with Gasteiger partial charge in [-0.3, -0.25) is 13.6 Å². The highest BCUT2D eigenvalue weighted by atomic mass is 31.2. The van der Waals surface area contributed by atoms with Crippen molar-refractivity contribution in [1.82, 2.24) is 0 Å². The maximum absolute atomic E-state index is 12.3. The third-order valence-electron chi connectivity index (χ3n) is 2.41. The first kappa shape index (κ1) is 20.3. The van der Waals surface area contributed by atoms with Gasteiger partial charge in [0.25, 0.3) is 0 Å². The number of phosphoric acid groups is 1. The zero-order chi connectivity index (χ0) is 16.1. The Hall–Kier alpha value is -0.680. The third kappa shape index (κ3) is 9.80. The van der Waals surface area contributed by atoms with Crippen LogP contribution < -0.4 is 0 Å². The summed E-state index contributed by atoms with van der Waals surface area (Å²) in [6.45, 7) is 7.94. The molecule has 1 unspecified atom stereocenters. The predicted octanol–water partition coefficient (Wildman–Crippen LogP) is 3.86. The molecule has 0 amide bonds. The van der Waals surface area contributed by atoms with E-state index in [4.69, 9.17) is 18.3 Å². The van der Waals surface area contributed by atoms with Gasteiger partial charge < -0.3 is 4.74 Å². The molecule has 0 saturated carbocycles. The van der Waals surface area contributed by atoms with Gasteiger partial charge >= 0.3 is 13.8 Å². The zero-order valence-corrected chi connectivity index (χ0v) is 14.3. The van der Waals surface area contributed by atoms with Crippen LogP contribution in [0.2, 0.25) is 0 Å². The Labute approximate surface area is 127 Å². The molecule has 6 nitrogen and oxygen atoms in total. The molecule has 0 bridgehead atoms. The van der Waals surface area contributed by atoms with Gasteiger partial charge in [-0.25, -0.2) is 9.36 Å². The second-order valence-electron chi connectivity index (χ2n) is 4.18. The molecule has 21 heavy (non-hydrogen) atoms. The molecular weight excluding hydrogens is 295 g/mol. The van der Waals surface area contributed by atoms with Gasteiger partial charge in [0.05, 0.1) is 25.9 Å². The number of ether oxygens (including phenoxy) is 1. The van der Waals surface area contributed by atoms with Crippen molar-refractivity contribution < 1.29 is 27.7 Å². The number of esters is 1. The van der Waals surface area contributed by atoms with E-state index in [1.165, 1.54) is 6.08 Å². The van der Waals surface area contributed by atoms with E-state index in [2.05, 4.69) is 0 Å². The molecular formula is C14H27O6P. The summed E-state index contributed by atoms with van der Waals surface area (Å²) in [6, 6.07) is 0. The lowest BCUT2D eigenvalue weighted by molar-refractivity contribution is -0.137. The summed E-state index contributed by atoms with van der Waals surface area (Å²) in [4.78, 5) is 11.3. The highest BCUT2D eigenvalue weighted by Gasteiger charge is 2.28. The van der Waals surface area contributed by atoms with Gasteiger partial charge in [-0.05, 0) is 33.3 Å². The van der Waals surface area contributed by atoms with Crippen molar-refractivity contribution in [2.75, 3.05) is 19.8 Å². The fourth-order valence-electron chi connectivity index (χ4n) is 1.55. The van der Waals surface area contributed by atoms with E-state index in [-0.39, 0.29) is 13.2 Å². The average Bonchev–Trinajstić information content (AvgIpc) is 2.42. The summed E-state index contributed by atoms with van der Waals surface area (Å²) in [7, 11) is -3.59. The first-order valence-corrected chi connectivity index (χ1v) is 8.89. The molecule has 0 saturated heterocycles. The molecule has 0 fully saturated rings. The molecule has 0 N–H and O–H groups in total. The Kier molecular flexibility index (Phi) is 11.5. The first-order valence-electron chi connectivity index (χ1n) is 7.43. The summed E-state index contributed by atoms with van der Waals surface area (Å²) in [5, 5.41) is 0. The number of phosphoric ester groups is 1. The fraction of sp³-hybridized carbons (Fsp3) is 0.786. The Bertz CT molecular complexity index is 345. The van der Waals surface area contributed by atoms with Gasteiger partial charge in [-0.2, -0.15) is 0 Å². The number of carbonyl (C=O) groups is 1. The summed E-state index contributed by atoms with van der Waals surface area (Å²) in [6.07, 6.45) is 4.76. The van der Waals surface area contributed by atoms with Crippen molar-refractivity contribution in [3.8, 4) is 0 Å². The highest BCUT2D eigenvalue weighted by molar-refractivity contribution is 7.48.